The summed E-state index contributed by atoms with van der Waals surface area (Å²) in [5.41, 5.74) is 0.302. The van der Waals surface area contributed by atoms with Crippen LogP contribution in [0.5, 0.6) is 0 Å². The second-order valence-corrected chi connectivity index (χ2v) is 4.89. The maximum absolute atomic E-state index is 13.5. The van der Waals surface area contributed by atoms with Gasteiger partial charge in [-0.1, -0.05) is 50.4 Å². The lowest BCUT2D eigenvalue weighted by atomic mass is 10.00. The Hall–Kier alpha value is -0.600. The fourth-order valence-corrected chi connectivity index (χ4v) is 1.83. The van der Waals surface area contributed by atoms with Gasteiger partial charge in [-0.15, -0.1) is 0 Å². The number of halogens is 2. The molecule has 1 aromatic rings. The summed E-state index contributed by atoms with van der Waals surface area (Å²) in [7, 11) is 0. The Labute approximate surface area is 101 Å². The van der Waals surface area contributed by atoms with E-state index in [9.17, 15) is 9.50 Å². The Bertz CT molecular complexity index is 339. The van der Waals surface area contributed by atoms with E-state index in [4.69, 9.17) is 11.6 Å². The van der Waals surface area contributed by atoms with Crippen LogP contribution in [0.2, 0.25) is 5.02 Å². The Morgan fingerprint density at radius 3 is 2.62 bits per heavy atom. The van der Waals surface area contributed by atoms with E-state index >= 15 is 0 Å². The molecule has 1 N–H and O–H groups in total. The highest BCUT2D eigenvalue weighted by Crippen LogP contribution is 2.26. The van der Waals surface area contributed by atoms with Crippen molar-refractivity contribution < 1.29 is 9.50 Å². The van der Waals surface area contributed by atoms with Crippen LogP contribution < -0.4 is 0 Å². The van der Waals surface area contributed by atoms with E-state index in [1.54, 1.807) is 12.1 Å². The molecule has 16 heavy (non-hydrogen) atoms. The fraction of sp³-hybridized carbons (Fsp3) is 0.538. The van der Waals surface area contributed by atoms with E-state index in [1.807, 2.05) is 0 Å². The molecule has 0 aliphatic heterocycles. The van der Waals surface area contributed by atoms with E-state index in [0.717, 1.165) is 12.8 Å². The molecule has 3 heteroatoms. The molecule has 0 radical (unpaired) electrons. The monoisotopic (exact) mass is 244 g/mol. The third kappa shape index (κ3) is 3.76. The molecular formula is C13H18ClFO. The van der Waals surface area contributed by atoms with Crippen LogP contribution in [0.4, 0.5) is 4.39 Å². The van der Waals surface area contributed by atoms with Gasteiger partial charge in [0.05, 0.1) is 11.1 Å². The van der Waals surface area contributed by atoms with Gasteiger partial charge in [0.2, 0.25) is 0 Å². The van der Waals surface area contributed by atoms with E-state index in [0.29, 0.717) is 17.9 Å². The molecule has 0 saturated heterocycles. The molecule has 0 aliphatic rings. The van der Waals surface area contributed by atoms with Crippen LogP contribution in [-0.2, 0) is 0 Å². The highest BCUT2D eigenvalue weighted by atomic mass is 35.5. The summed E-state index contributed by atoms with van der Waals surface area (Å²) < 4.78 is 13.5. The summed E-state index contributed by atoms with van der Waals surface area (Å²) in [5.74, 6) is 0.109. The van der Waals surface area contributed by atoms with E-state index in [-0.39, 0.29) is 5.02 Å². The normalized spacial score (nSPS) is 13.1. The number of rotatable bonds is 5. The van der Waals surface area contributed by atoms with Crippen molar-refractivity contribution in [2.75, 3.05) is 0 Å². The third-order valence-corrected chi connectivity index (χ3v) is 2.89. The molecule has 0 aliphatic carbocycles. The molecule has 1 nitrogen and oxygen atoms in total. The van der Waals surface area contributed by atoms with Gasteiger partial charge in [-0.3, -0.25) is 0 Å². The van der Waals surface area contributed by atoms with Gasteiger partial charge in [0.1, 0.15) is 5.82 Å². The molecule has 0 saturated carbocycles. The molecule has 0 aromatic heterocycles. The van der Waals surface area contributed by atoms with Crippen LogP contribution in [0.25, 0.3) is 0 Å². The van der Waals surface area contributed by atoms with Gasteiger partial charge in [-0.05, 0) is 18.4 Å². The molecule has 0 amide bonds. The van der Waals surface area contributed by atoms with Crippen LogP contribution in [0, 0.1) is 11.7 Å². The Morgan fingerprint density at radius 2 is 2.00 bits per heavy atom. The minimum absolute atomic E-state index is 0.0698. The quantitative estimate of drug-likeness (QED) is 0.817. The first kappa shape index (κ1) is 13.5. The average molecular weight is 245 g/mol. The summed E-state index contributed by atoms with van der Waals surface area (Å²) >= 11 is 5.66. The van der Waals surface area contributed by atoms with Gasteiger partial charge in [-0.25, -0.2) is 4.39 Å². The molecule has 1 rings (SSSR count). The summed E-state index contributed by atoms with van der Waals surface area (Å²) in [5, 5.41) is 9.91. The van der Waals surface area contributed by atoms with E-state index < -0.39 is 11.9 Å². The van der Waals surface area contributed by atoms with Crippen molar-refractivity contribution in [1.82, 2.24) is 0 Å². The molecule has 90 valence electrons. The number of aliphatic hydroxyl groups is 1. The van der Waals surface area contributed by atoms with Crippen LogP contribution in [0.3, 0.4) is 0 Å². The lowest BCUT2D eigenvalue weighted by molar-refractivity contribution is 0.157. The smallest absolute Gasteiger partial charge is 0.147 e. The number of benzene rings is 1. The lowest BCUT2D eigenvalue weighted by Gasteiger charge is -2.13. The van der Waals surface area contributed by atoms with Crippen LogP contribution in [0.15, 0.2) is 18.2 Å². The van der Waals surface area contributed by atoms with Gasteiger partial charge >= 0.3 is 0 Å². The molecule has 0 bridgehead atoms. The second-order valence-electron chi connectivity index (χ2n) is 4.48. The summed E-state index contributed by atoms with van der Waals surface area (Å²) in [6.45, 7) is 4.26. The lowest BCUT2D eigenvalue weighted by Crippen LogP contribution is -2.02. The van der Waals surface area contributed by atoms with E-state index in [1.165, 1.54) is 6.07 Å². The maximum Gasteiger partial charge on any atom is 0.147 e. The highest BCUT2D eigenvalue weighted by molar-refractivity contribution is 6.30. The third-order valence-electron chi connectivity index (χ3n) is 2.60. The van der Waals surface area contributed by atoms with Crippen molar-refractivity contribution in [1.29, 1.82) is 0 Å². The van der Waals surface area contributed by atoms with Crippen molar-refractivity contribution in [3.8, 4) is 0 Å². The van der Waals surface area contributed by atoms with Crippen LogP contribution in [-0.4, -0.2) is 5.11 Å². The number of hydrogen-bond acceptors (Lipinski definition) is 1. The highest BCUT2D eigenvalue weighted by Gasteiger charge is 2.14. The predicted molar refractivity (Wildman–Crippen MR) is 65.1 cm³/mol. The standard InChI is InChI=1S/C13H18ClFO/c1-9(2)5-3-8-12(16)10-6-4-7-11(14)13(10)15/h4,6-7,9,12,16H,3,5,8H2,1-2H3. The van der Waals surface area contributed by atoms with Gasteiger partial charge in [-0.2, -0.15) is 0 Å². The predicted octanol–water partition coefficient (Wildman–Crippen LogP) is 4.34. The van der Waals surface area contributed by atoms with Crippen molar-refractivity contribution in [2.45, 2.75) is 39.2 Å². The minimum Gasteiger partial charge on any atom is -0.388 e. The first-order chi connectivity index (χ1) is 7.52. The largest absolute Gasteiger partial charge is 0.388 e. The van der Waals surface area contributed by atoms with Gasteiger partial charge in [0.15, 0.2) is 0 Å². The zero-order valence-electron chi connectivity index (χ0n) is 9.71. The molecule has 0 heterocycles. The maximum atomic E-state index is 13.5. The van der Waals surface area contributed by atoms with Crippen molar-refractivity contribution in [2.24, 2.45) is 5.92 Å². The van der Waals surface area contributed by atoms with Gasteiger partial charge in [0.25, 0.3) is 0 Å². The van der Waals surface area contributed by atoms with E-state index in [2.05, 4.69) is 13.8 Å². The molecule has 1 aromatic carbocycles. The Balaban J connectivity index is 2.59. The topological polar surface area (TPSA) is 20.2 Å². The number of hydrogen-bond donors (Lipinski definition) is 1. The van der Waals surface area contributed by atoms with Crippen LogP contribution >= 0.6 is 11.6 Å². The molecule has 0 fully saturated rings. The summed E-state index contributed by atoms with van der Waals surface area (Å²) in [6.07, 6.45) is 1.76. The first-order valence-corrected chi connectivity index (χ1v) is 6.02. The Kier molecular flexibility index (Phi) is 5.23. The van der Waals surface area contributed by atoms with Gasteiger partial charge < -0.3 is 5.11 Å². The molecular weight excluding hydrogens is 227 g/mol. The van der Waals surface area contributed by atoms with Crippen molar-refractivity contribution in [3.63, 3.8) is 0 Å². The first-order valence-electron chi connectivity index (χ1n) is 5.64. The Morgan fingerprint density at radius 1 is 1.31 bits per heavy atom. The molecule has 1 unspecified atom stereocenters. The summed E-state index contributed by atoms with van der Waals surface area (Å²) in [6, 6.07) is 4.73. The molecule has 0 spiro atoms. The van der Waals surface area contributed by atoms with Crippen LogP contribution in [0.1, 0.15) is 44.8 Å². The SMILES string of the molecule is CC(C)CCCC(O)c1cccc(Cl)c1F. The van der Waals surface area contributed by atoms with Gasteiger partial charge in [0, 0.05) is 5.56 Å². The van der Waals surface area contributed by atoms with Crippen molar-refractivity contribution in [3.05, 3.63) is 34.6 Å². The zero-order valence-corrected chi connectivity index (χ0v) is 10.5. The average Bonchev–Trinajstić information content (AvgIpc) is 2.21. The fourth-order valence-electron chi connectivity index (χ4n) is 1.65. The van der Waals surface area contributed by atoms with Crippen molar-refractivity contribution >= 4 is 11.6 Å². The summed E-state index contributed by atoms with van der Waals surface area (Å²) in [4.78, 5) is 0. The molecule has 1 atom stereocenters. The minimum atomic E-state index is -0.752. The zero-order chi connectivity index (χ0) is 12.1. The second kappa shape index (κ2) is 6.21. The number of aliphatic hydroxyl groups excluding tert-OH is 1.